The van der Waals surface area contributed by atoms with Crippen LogP contribution in [0.25, 0.3) is 11.1 Å². The Balaban J connectivity index is 0.969. The van der Waals surface area contributed by atoms with Gasteiger partial charge in [0.25, 0.3) is 0 Å². The van der Waals surface area contributed by atoms with E-state index in [1.807, 2.05) is 30.3 Å². The van der Waals surface area contributed by atoms with Gasteiger partial charge in [0, 0.05) is 18.2 Å². The molecule has 3 aliphatic rings. The number of nitrogens with zero attached hydrogens (tertiary/aromatic N) is 1. The molecule has 0 saturated carbocycles. The van der Waals surface area contributed by atoms with E-state index in [1.54, 1.807) is 24.3 Å². The van der Waals surface area contributed by atoms with Crippen LogP contribution in [0.1, 0.15) is 36.1 Å². The number of hydrogen-bond donors (Lipinski definition) is 8. The summed E-state index contributed by atoms with van der Waals surface area (Å²) < 4.78 is 61.5. The standard InChI is InChI=1S/C43H50FNO14S/c44-29-15-10-26(11-16-29)32(48)19-14-28-20-45(30-4-2-1-3-5-30)36(28)27-8-6-24(7-9-27)25-12-17-31(18-13-25)59-60(54,55)23-35-38(50)40(52)42(34(22-47)56-35)58-43-41(53)39(51)37(49)33(21-46)57-43/h1-13,15-18,28,32-43,46-53H,14,19-23H2/t28-,32-,33?,34?,35-,36+,37+,38?,39?,40?,41?,42+,43-/m0/s1. The number of hydrogen-bond acceptors (Lipinski definition) is 15. The molecule has 7 rings (SSSR count). The first-order valence-electron chi connectivity index (χ1n) is 19.7. The predicted molar refractivity (Wildman–Crippen MR) is 213 cm³/mol. The quantitative estimate of drug-likeness (QED) is 0.0793. The first kappa shape index (κ1) is 44.0. The smallest absolute Gasteiger partial charge is 0.311 e. The van der Waals surface area contributed by atoms with Crippen LogP contribution in [0.15, 0.2) is 103 Å². The number of aliphatic hydroxyl groups is 8. The summed E-state index contributed by atoms with van der Waals surface area (Å²) in [6.45, 7) is -0.754. The lowest BCUT2D eigenvalue weighted by molar-refractivity contribution is -0.341. The molecular formula is C43H50FNO14S. The largest absolute Gasteiger partial charge is 0.394 e. The summed E-state index contributed by atoms with van der Waals surface area (Å²) >= 11 is 0. The minimum Gasteiger partial charge on any atom is -0.394 e. The van der Waals surface area contributed by atoms with Gasteiger partial charge in [-0.05, 0) is 71.5 Å². The number of halogens is 1. The van der Waals surface area contributed by atoms with Gasteiger partial charge in [-0.15, -0.1) is 0 Å². The van der Waals surface area contributed by atoms with E-state index < -0.39 is 96.4 Å². The molecule has 4 aromatic carbocycles. The molecule has 60 heavy (non-hydrogen) atoms. The van der Waals surface area contributed by atoms with Gasteiger partial charge in [0.1, 0.15) is 72.3 Å². The van der Waals surface area contributed by atoms with Gasteiger partial charge in [-0.2, -0.15) is 8.42 Å². The molecule has 8 N–H and O–H groups in total. The zero-order valence-electron chi connectivity index (χ0n) is 32.3. The molecule has 15 nitrogen and oxygen atoms in total. The Bertz CT molecular complexity index is 2100. The molecular weight excluding hydrogens is 806 g/mol. The number of anilines is 1. The van der Waals surface area contributed by atoms with Crippen LogP contribution in [-0.2, 0) is 24.3 Å². The summed E-state index contributed by atoms with van der Waals surface area (Å²) in [5.41, 5.74) is 4.51. The molecule has 324 valence electrons. The van der Waals surface area contributed by atoms with Gasteiger partial charge in [-0.3, -0.25) is 0 Å². The second-order valence-electron chi connectivity index (χ2n) is 15.5. The minimum absolute atomic E-state index is 0.0256. The Morgan fingerprint density at radius 2 is 1.33 bits per heavy atom. The van der Waals surface area contributed by atoms with Crippen LogP contribution in [0.5, 0.6) is 5.75 Å². The molecule has 0 spiro atoms. The van der Waals surface area contributed by atoms with E-state index in [0.717, 1.165) is 35.3 Å². The Hall–Kier alpha value is -4.08. The molecule has 4 aromatic rings. The van der Waals surface area contributed by atoms with Gasteiger partial charge in [0.2, 0.25) is 0 Å². The van der Waals surface area contributed by atoms with E-state index in [1.165, 1.54) is 24.3 Å². The third-order valence-electron chi connectivity index (χ3n) is 11.5. The highest BCUT2D eigenvalue weighted by molar-refractivity contribution is 7.87. The summed E-state index contributed by atoms with van der Waals surface area (Å²) in [6.07, 6.45) is -16.1. The average molecular weight is 856 g/mol. The van der Waals surface area contributed by atoms with E-state index >= 15 is 0 Å². The molecule has 0 amide bonds. The zero-order chi connectivity index (χ0) is 42.7. The number of rotatable bonds is 15. The van der Waals surface area contributed by atoms with Crippen molar-refractivity contribution in [3.63, 3.8) is 0 Å². The fourth-order valence-electron chi connectivity index (χ4n) is 8.15. The predicted octanol–water partition coefficient (Wildman–Crippen LogP) is 1.56. The van der Waals surface area contributed by atoms with E-state index in [2.05, 4.69) is 29.2 Å². The number of benzene rings is 4. The molecule has 3 saturated heterocycles. The Kier molecular flexibility index (Phi) is 13.9. The topological polar surface area (TPSA) is 236 Å². The van der Waals surface area contributed by atoms with Crippen LogP contribution in [-0.4, -0.2) is 136 Å². The third-order valence-corrected chi connectivity index (χ3v) is 12.7. The van der Waals surface area contributed by atoms with Crippen molar-refractivity contribution < 1.29 is 72.1 Å². The minimum atomic E-state index is -4.46. The third kappa shape index (κ3) is 9.68. The summed E-state index contributed by atoms with van der Waals surface area (Å²) in [5, 5.41) is 82.5. The van der Waals surface area contributed by atoms with Crippen molar-refractivity contribution in [3.05, 3.63) is 120 Å². The number of para-hydroxylation sites is 1. The van der Waals surface area contributed by atoms with Gasteiger partial charge in [0.15, 0.2) is 6.29 Å². The maximum Gasteiger partial charge on any atom is 0.311 e. The van der Waals surface area contributed by atoms with Crippen LogP contribution in [0, 0.1) is 11.7 Å². The molecule has 3 fully saturated rings. The maximum atomic E-state index is 13.4. The van der Waals surface area contributed by atoms with E-state index in [4.69, 9.17) is 18.4 Å². The first-order valence-corrected chi connectivity index (χ1v) is 21.3. The zero-order valence-corrected chi connectivity index (χ0v) is 33.1. The van der Waals surface area contributed by atoms with Crippen LogP contribution in [0.2, 0.25) is 0 Å². The van der Waals surface area contributed by atoms with Crippen molar-refractivity contribution in [3.8, 4) is 16.9 Å². The van der Waals surface area contributed by atoms with Crippen molar-refractivity contribution in [2.24, 2.45) is 5.92 Å². The van der Waals surface area contributed by atoms with Gasteiger partial charge >= 0.3 is 10.1 Å². The van der Waals surface area contributed by atoms with Crippen LogP contribution in [0.4, 0.5) is 10.1 Å². The molecule has 17 heteroatoms. The molecule has 0 radical (unpaired) electrons. The van der Waals surface area contributed by atoms with Gasteiger partial charge in [-0.1, -0.05) is 66.7 Å². The van der Waals surface area contributed by atoms with E-state index in [-0.39, 0.29) is 23.5 Å². The van der Waals surface area contributed by atoms with E-state index in [9.17, 15) is 53.7 Å². The van der Waals surface area contributed by atoms with E-state index in [0.29, 0.717) is 12.0 Å². The monoisotopic (exact) mass is 855 g/mol. The van der Waals surface area contributed by atoms with Crippen LogP contribution in [0.3, 0.4) is 0 Å². The number of ether oxygens (including phenoxy) is 3. The van der Waals surface area contributed by atoms with Gasteiger partial charge < -0.3 is 64.1 Å². The van der Waals surface area contributed by atoms with Gasteiger partial charge in [0.05, 0.1) is 25.4 Å². The highest BCUT2D eigenvalue weighted by Crippen LogP contribution is 2.45. The van der Waals surface area contributed by atoms with Crippen molar-refractivity contribution in [2.45, 2.75) is 86.2 Å². The summed E-state index contributed by atoms with van der Waals surface area (Å²) in [6, 6.07) is 30.4. The molecule has 0 aromatic heterocycles. The van der Waals surface area contributed by atoms with Crippen LogP contribution < -0.4 is 9.08 Å². The Labute approximate surface area is 346 Å². The molecule has 3 heterocycles. The summed E-state index contributed by atoms with van der Waals surface area (Å²) in [7, 11) is -4.46. The molecule has 13 atom stereocenters. The van der Waals surface area contributed by atoms with Gasteiger partial charge in [-0.25, -0.2) is 4.39 Å². The normalized spacial score (nSPS) is 31.3. The fourth-order valence-corrected chi connectivity index (χ4v) is 9.31. The fraction of sp³-hybridized carbons (Fsp3) is 0.442. The second-order valence-corrected chi connectivity index (χ2v) is 17.1. The molecule has 0 bridgehead atoms. The van der Waals surface area contributed by atoms with Crippen molar-refractivity contribution in [2.75, 3.05) is 30.4 Å². The Morgan fingerprint density at radius 3 is 1.97 bits per heavy atom. The van der Waals surface area contributed by atoms with Crippen molar-refractivity contribution >= 4 is 15.8 Å². The molecule has 6 unspecified atom stereocenters. The lowest BCUT2D eigenvalue weighted by atomic mass is 9.79. The number of aliphatic hydroxyl groups excluding tert-OH is 8. The summed E-state index contributed by atoms with van der Waals surface area (Å²) in [5.74, 6) is -1.04. The van der Waals surface area contributed by atoms with Crippen LogP contribution >= 0.6 is 0 Å². The first-order chi connectivity index (χ1) is 28.8. The molecule has 3 aliphatic heterocycles. The second kappa shape index (κ2) is 18.9. The lowest BCUT2D eigenvalue weighted by Crippen LogP contribution is -2.65. The molecule has 0 aliphatic carbocycles. The van der Waals surface area contributed by atoms with Crippen molar-refractivity contribution in [1.82, 2.24) is 0 Å². The lowest BCUT2D eigenvalue weighted by Gasteiger charge is -2.50. The Morgan fingerprint density at radius 1 is 0.717 bits per heavy atom. The average Bonchev–Trinajstić information content (AvgIpc) is 3.24. The highest BCUT2D eigenvalue weighted by atomic mass is 32.2. The highest BCUT2D eigenvalue weighted by Gasteiger charge is 2.51. The summed E-state index contributed by atoms with van der Waals surface area (Å²) in [4.78, 5) is 2.33. The maximum absolute atomic E-state index is 13.4. The SMILES string of the molecule is O=S(=O)(C[C@@H]1OC(CO)[C@@H](O[C@@H]2OC(CO)[C@@H](O)C(O)C2O)C(O)C1O)Oc1ccc(-c2ccc([C@@H]3[C@@H](CC[C@H](O)c4ccc(F)cc4)CN3c3ccccc3)cc2)cc1. The van der Waals surface area contributed by atoms with Crippen molar-refractivity contribution in [1.29, 1.82) is 0 Å².